The van der Waals surface area contributed by atoms with Crippen LogP contribution in [0, 0.1) is 11.8 Å². The number of carbonyl (C=O) groups is 1. The van der Waals surface area contributed by atoms with Crippen LogP contribution in [0.25, 0.3) is 0 Å². The van der Waals surface area contributed by atoms with Gasteiger partial charge in [0.15, 0.2) is 0 Å². The number of nitrogens with one attached hydrogen (secondary N) is 3. The topological polar surface area (TPSA) is 56.4 Å². The van der Waals surface area contributed by atoms with Gasteiger partial charge in [0.05, 0.1) is 12.0 Å². The van der Waals surface area contributed by atoms with E-state index in [0.717, 1.165) is 39.0 Å². The van der Waals surface area contributed by atoms with E-state index in [0.29, 0.717) is 18.4 Å². The largest absolute Gasteiger partial charge is 0.342 e. The molecule has 2 aliphatic rings. The molecule has 2 saturated heterocycles. The molecule has 126 valence electrons. The smallest absolute Gasteiger partial charge is 0.229 e. The van der Waals surface area contributed by atoms with Crippen LogP contribution in [0.1, 0.15) is 31.4 Å². The highest BCUT2D eigenvalue weighted by molar-refractivity contribution is 5.80. The Balaban J connectivity index is 1.58. The Morgan fingerprint density at radius 1 is 1.26 bits per heavy atom. The van der Waals surface area contributed by atoms with Gasteiger partial charge in [0, 0.05) is 19.6 Å². The van der Waals surface area contributed by atoms with Gasteiger partial charge in [-0.3, -0.25) is 10.2 Å². The van der Waals surface area contributed by atoms with Gasteiger partial charge in [-0.1, -0.05) is 37.3 Å². The molecule has 1 aromatic carbocycles. The van der Waals surface area contributed by atoms with E-state index < -0.39 is 0 Å². The normalized spacial score (nSPS) is 25.7. The van der Waals surface area contributed by atoms with Crippen molar-refractivity contribution in [3.8, 4) is 0 Å². The van der Waals surface area contributed by atoms with Crippen LogP contribution in [0.4, 0.5) is 0 Å². The second kappa shape index (κ2) is 7.90. The monoisotopic (exact) mass is 316 g/mol. The number of benzene rings is 1. The molecule has 5 nitrogen and oxygen atoms in total. The molecule has 2 unspecified atom stereocenters. The summed E-state index contributed by atoms with van der Waals surface area (Å²) >= 11 is 0. The Hall–Kier alpha value is -1.43. The van der Waals surface area contributed by atoms with Crippen molar-refractivity contribution in [2.75, 3.05) is 32.7 Å². The number of hydrogen-bond acceptors (Lipinski definition) is 4. The molecule has 3 N–H and O–H groups in total. The third kappa shape index (κ3) is 3.91. The summed E-state index contributed by atoms with van der Waals surface area (Å²) in [7, 11) is 0. The van der Waals surface area contributed by atoms with E-state index in [-0.39, 0.29) is 12.0 Å². The highest BCUT2D eigenvalue weighted by atomic mass is 16.2. The minimum Gasteiger partial charge on any atom is -0.342 e. The van der Waals surface area contributed by atoms with Crippen LogP contribution in [0.3, 0.4) is 0 Å². The first-order chi connectivity index (χ1) is 11.3. The third-order valence-electron chi connectivity index (χ3n) is 5.07. The van der Waals surface area contributed by atoms with Gasteiger partial charge in [-0.15, -0.1) is 0 Å². The van der Waals surface area contributed by atoms with E-state index in [1.165, 1.54) is 5.56 Å². The van der Waals surface area contributed by atoms with Crippen molar-refractivity contribution in [2.24, 2.45) is 11.8 Å². The lowest BCUT2D eigenvalue weighted by molar-refractivity contribution is -0.136. The average molecular weight is 316 g/mol. The lowest BCUT2D eigenvalue weighted by Crippen LogP contribution is -2.45. The molecular weight excluding hydrogens is 288 g/mol. The third-order valence-corrected chi connectivity index (χ3v) is 5.07. The Kier molecular flexibility index (Phi) is 5.65. The lowest BCUT2D eigenvalue weighted by atomic mass is 9.91. The number of hydrogen-bond donors (Lipinski definition) is 3. The maximum atomic E-state index is 12.9. The Morgan fingerprint density at radius 3 is 2.70 bits per heavy atom. The minimum absolute atomic E-state index is 0.0114. The van der Waals surface area contributed by atoms with Crippen LogP contribution >= 0.6 is 0 Å². The van der Waals surface area contributed by atoms with Crippen molar-refractivity contribution in [3.63, 3.8) is 0 Å². The predicted molar refractivity (Wildman–Crippen MR) is 91.7 cm³/mol. The molecule has 2 atom stereocenters. The van der Waals surface area contributed by atoms with Gasteiger partial charge in [0.25, 0.3) is 0 Å². The summed E-state index contributed by atoms with van der Waals surface area (Å²) in [5, 5.41) is 3.42. The van der Waals surface area contributed by atoms with E-state index in [1.54, 1.807) is 0 Å². The van der Waals surface area contributed by atoms with Gasteiger partial charge in [-0.05, 0) is 37.4 Å². The minimum atomic E-state index is -0.0114. The van der Waals surface area contributed by atoms with E-state index in [1.807, 2.05) is 18.2 Å². The second-order valence-electron chi connectivity index (χ2n) is 6.60. The molecule has 0 aliphatic carbocycles. The van der Waals surface area contributed by atoms with E-state index in [2.05, 4.69) is 40.1 Å². The first kappa shape index (κ1) is 16.4. The van der Waals surface area contributed by atoms with E-state index in [9.17, 15) is 4.79 Å². The zero-order valence-electron chi connectivity index (χ0n) is 13.9. The van der Waals surface area contributed by atoms with Crippen LogP contribution < -0.4 is 16.2 Å². The van der Waals surface area contributed by atoms with Crippen LogP contribution in [-0.4, -0.2) is 43.5 Å². The number of amides is 1. The molecule has 0 saturated carbocycles. The van der Waals surface area contributed by atoms with Crippen molar-refractivity contribution in [1.29, 1.82) is 0 Å². The molecule has 0 bridgehead atoms. The summed E-state index contributed by atoms with van der Waals surface area (Å²) in [5.41, 5.74) is 7.62. The molecule has 2 aliphatic heterocycles. The number of rotatable bonds is 5. The maximum absolute atomic E-state index is 12.9. The first-order valence-corrected chi connectivity index (χ1v) is 8.82. The fourth-order valence-corrected chi connectivity index (χ4v) is 3.64. The zero-order valence-corrected chi connectivity index (χ0v) is 13.9. The Bertz CT molecular complexity index is 499. The summed E-state index contributed by atoms with van der Waals surface area (Å²) < 4.78 is 0. The number of carbonyl (C=O) groups excluding carboxylic acids is 1. The average Bonchev–Trinajstić information content (AvgIpc) is 3.10. The van der Waals surface area contributed by atoms with Crippen molar-refractivity contribution in [2.45, 2.75) is 25.8 Å². The Labute approximate surface area is 138 Å². The van der Waals surface area contributed by atoms with Crippen molar-refractivity contribution >= 4 is 5.91 Å². The summed E-state index contributed by atoms with van der Waals surface area (Å²) in [6.07, 6.45) is 2.23. The van der Waals surface area contributed by atoms with Crippen LogP contribution in [-0.2, 0) is 4.79 Å². The fraction of sp³-hybridized carbons (Fsp3) is 0.611. The van der Waals surface area contributed by atoms with Gasteiger partial charge < -0.3 is 10.2 Å². The summed E-state index contributed by atoms with van der Waals surface area (Å²) in [4.78, 5) is 15.0. The number of hydrazine groups is 1. The zero-order chi connectivity index (χ0) is 16.1. The van der Waals surface area contributed by atoms with E-state index in [4.69, 9.17) is 0 Å². The van der Waals surface area contributed by atoms with Crippen LogP contribution in [0.2, 0.25) is 0 Å². The first-order valence-electron chi connectivity index (χ1n) is 8.82. The maximum Gasteiger partial charge on any atom is 0.229 e. The van der Waals surface area contributed by atoms with Gasteiger partial charge >= 0.3 is 0 Å². The van der Waals surface area contributed by atoms with Gasteiger partial charge in [-0.2, -0.15) is 0 Å². The highest BCUT2D eigenvalue weighted by Crippen LogP contribution is 2.28. The standard InChI is InChI=1S/C18H28N4O/c1-2-19-12-14-8-10-22(11-9-14)18(23)16-13-20-21-17(16)15-6-4-3-5-7-15/h3-7,14,16-17,19-21H,2,8-13H2,1H3. The molecule has 1 aromatic rings. The van der Waals surface area contributed by atoms with Crippen LogP contribution in [0.15, 0.2) is 30.3 Å². The summed E-state index contributed by atoms with van der Waals surface area (Å²) in [5.74, 6) is 0.990. The second-order valence-corrected chi connectivity index (χ2v) is 6.60. The molecule has 2 heterocycles. The lowest BCUT2D eigenvalue weighted by Gasteiger charge is -2.34. The quantitative estimate of drug-likeness (QED) is 0.766. The summed E-state index contributed by atoms with van der Waals surface area (Å²) in [6, 6.07) is 10.3. The molecular formula is C18H28N4O. The molecule has 3 rings (SSSR count). The van der Waals surface area contributed by atoms with Crippen molar-refractivity contribution < 1.29 is 4.79 Å². The molecule has 23 heavy (non-hydrogen) atoms. The number of piperidine rings is 1. The SMILES string of the molecule is CCNCC1CCN(C(=O)C2CNNC2c2ccccc2)CC1. The Morgan fingerprint density at radius 2 is 2.00 bits per heavy atom. The molecule has 0 aromatic heterocycles. The molecule has 1 amide bonds. The fourth-order valence-electron chi connectivity index (χ4n) is 3.64. The predicted octanol–water partition coefficient (Wildman–Crippen LogP) is 1.30. The highest BCUT2D eigenvalue weighted by Gasteiger charge is 2.37. The van der Waals surface area contributed by atoms with Gasteiger partial charge in [-0.25, -0.2) is 5.43 Å². The van der Waals surface area contributed by atoms with Crippen molar-refractivity contribution in [3.05, 3.63) is 35.9 Å². The molecule has 0 spiro atoms. The van der Waals surface area contributed by atoms with Gasteiger partial charge in [0.2, 0.25) is 5.91 Å². The summed E-state index contributed by atoms with van der Waals surface area (Å²) in [6.45, 7) is 6.74. The van der Waals surface area contributed by atoms with E-state index >= 15 is 0 Å². The van der Waals surface area contributed by atoms with Crippen LogP contribution in [0.5, 0.6) is 0 Å². The molecule has 2 fully saturated rings. The van der Waals surface area contributed by atoms with Gasteiger partial charge in [0.1, 0.15) is 0 Å². The molecule has 5 heteroatoms. The molecule has 0 radical (unpaired) electrons. The van der Waals surface area contributed by atoms with Crippen molar-refractivity contribution in [1.82, 2.24) is 21.1 Å². The number of likely N-dealkylation sites (tertiary alicyclic amines) is 1. The number of nitrogens with zero attached hydrogens (tertiary/aromatic N) is 1.